The third-order valence-corrected chi connectivity index (χ3v) is 7.10. The molecule has 2 N–H and O–H groups in total. The molecule has 0 saturated carbocycles. The quantitative estimate of drug-likeness (QED) is 0.321. The maximum atomic E-state index is 5.41. The SMILES string of the molecule is COc1cccc(-c2cncc3[nH]c(-c4n[nH]c5ccc(-c6cncc(CN7CCCC7)c6)nc45)nc23)c1. The molecular formula is C29H26N8O. The summed E-state index contributed by atoms with van der Waals surface area (Å²) < 4.78 is 5.41. The Morgan fingerprint density at radius 2 is 1.76 bits per heavy atom. The number of H-pyrrole nitrogens is 2. The fraction of sp³-hybridized carbons (Fsp3) is 0.207. The van der Waals surface area contributed by atoms with Crippen LogP contribution < -0.4 is 4.74 Å². The Kier molecular flexibility index (Phi) is 5.55. The van der Waals surface area contributed by atoms with E-state index in [1.807, 2.05) is 55.0 Å². The molecule has 0 bridgehead atoms. The van der Waals surface area contributed by atoms with Gasteiger partial charge in [-0.05, 0) is 67.4 Å². The van der Waals surface area contributed by atoms with E-state index in [0.29, 0.717) is 11.5 Å². The van der Waals surface area contributed by atoms with Gasteiger partial charge in [0.1, 0.15) is 11.3 Å². The van der Waals surface area contributed by atoms with Crippen molar-refractivity contribution in [3.8, 4) is 39.7 Å². The second-order valence-corrected chi connectivity index (χ2v) is 9.63. The molecule has 0 aliphatic carbocycles. The third-order valence-electron chi connectivity index (χ3n) is 7.10. The summed E-state index contributed by atoms with van der Waals surface area (Å²) in [6.45, 7) is 3.22. The van der Waals surface area contributed by atoms with Gasteiger partial charge in [0.05, 0.1) is 35.6 Å². The Morgan fingerprint density at radius 3 is 2.66 bits per heavy atom. The number of aromatic nitrogens is 7. The fourth-order valence-corrected chi connectivity index (χ4v) is 5.18. The van der Waals surface area contributed by atoms with Crippen molar-refractivity contribution in [1.29, 1.82) is 0 Å². The molecule has 1 fully saturated rings. The zero-order chi connectivity index (χ0) is 25.5. The molecule has 5 aromatic heterocycles. The first-order valence-electron chi connectivity index (χ1n) is 12.8. The summed E-state index contributed by atoms with van der Waals surface area (Å²) in [6.07, 6.45) is 9.96. The average molecular weight is 503 g/mol. The lowest BCUT2D eigenvalue weighted by molar-refractivity contribution is 0.331. The van der Waals surface area contributed by atoms with Crippen LogP contribution in [0.4, 0.5) is 0 Å². The van der Waals surface area contributed by atoms with Crippen LogP contribution >= 0.6 is 0 Å². The second kappa shape index (κ2) is 9.35. The molecule has 0 radical (unpaired) electrons. The van der Waals surface area contributed by atoms with Crippen molar-refractivity contribution >= 4 is 22.1 Å². The van der Waals surface area contributed by atoms with E-state index < -0.39 is 0 Å². The van der Waals surface area contributed by atoms with Crippen molar-refractivity contribution in [3.05, 3.63) is 72.8 Å². The number of methoxy groups -OCH3 is 1. The van der Waals surface area contributed by atoms with Gasteiger partial charge in [0, 0.05) is 36.3 Å². The number of likely N-dealkylation sites (tertiary alicyclic amines) is 1. The molecule has 0 atom stereocenters. The molecule has 6 heterocycles. The maximum Gasteiger partial charge on any atom is 0.161 e. The number of rotatable bonds is 6. The van der Waals surface area contributed by atoms with E-state index in [9.17, 15) is 0 Å². The topological polar surface area (TPSA) is 108 Å². The zero-order valence-corrected chi connectivity index (χ0v) is 21.0. The summed E-state index contributed by atoms with van der Waals surface area (Å²) in [5.41, 5.74) is 8.84. The van der Waals surface area contributed by atoms with E-state index in [2.05, 4.69) is 36.1 Å². The molecule has 1 saturated heterocycles. The third kappa shape index (κ3) is 4.06. The average Bonchev–Trinajstić information content (AvgIpc) is 3.72. The molecule has 6 aromatic rings. The zero-order valence-electron chi connectivity index (χ0n) is 21.0. The Morgan fingerprint density at radius 1 is 0.868 bits per heavy atom. The monoisotopic (exact) mass is 502 g/mol. The summed E-state index contributed by atoms with van der Waals surface area (Å²) in [6, 6.07) is 14.1. The van der Waals surface area contributed by atoms with Crippen LogP contribution in [0.25, 0.3) is 56.0 Å². The highest BCUT2D eigenvalue weighted by Gasteiger charge is 2.18. The highest BCUT2D eigenvalue weighted by molar-refractivity contribution is 5.95. The van der Waals surface area contributed by atoms with Gasteiger partial charge in [-0.1, -0.05) is 12.1 Å². The molecule has 0 amide bonds. The number of ether oxygens (including phenoxy) is 1. The van der Waals surface area contributed by atoms with Crippen molar-refractivity contribution in [1.82, 2.24) is 40.0 Å². The predicted molar refractivity (Wildman–Crippen MR) is 147 cm³/mol. The lowest BCUT2D eigenvalue weighted by atomic mass is 10.1. The van der Waals surface area contributed by atoms with Gasteiger partial charge in [0.2, 0.25) is 0 Å². The number of benzene rings is 1. The number of pyridine rings is 3. The Balaban J connectivity index is 1.27. The molecule has 1 aliphatic rings. The molecule has 0 unspecified atom stereocenters. The number of fused-ring (bicyclic) bond motifs is 2. The lowest BCUT2D eigenvalue weighted by Gasteiger charge is -2.14. The largest absolute Gasteiger partial charge is 0.497 e. The fourth-order valence-electron chi connectivity index (χ4n) is 5.18. The van der Waals surface area contributed by atoms with Gasteiger partial charge in [0.25, 0.3) is 0 Å². The van der Waals surface area contributed by atoms with Crippen LogP contribution in [0.15, 0.2) is 67.3 Å². The summed E-state index contributed by atoms with van der Waals surface area (Å²) >= 11 is 0. The van der Waals surface area contributed by atoms with Crippen molar-refractivity contribution in [2.75, 3.05) is 20.2 Å². The standard InChI is InChI=1S/C29H26N8O/c1-38-21-6-4-5-19(12-21)22-15-31-16-25-26(22)34-29(33-25)28-27-24(35-36-28)8-7-23(32-27)20-11-18(13-30-14-20)17-37-9-2-3-10-37/h4-8,11-16H,2-3,9-10,17H2,1H3,(H,33,34)(H,35,36). The first kappa shape index (κ1) is 22.6. The number of hydrogen-bond donors (Lipinski definition) is 2. The molecule has 7 rings (SSSR count). The number of hydrogen-bond acceptors (Lipinski definition) is 7. The van der Waals surface area contributed by atoms with E-state index >= 15 is 0 Å². The van der Waals surface area contributed by atoms with E-state index in [0.717, 1.165) is 69.8 Å². The maximum absolute atomic E-state index is 5.41. The van der Waals surface area contributed by atoms with Crippen LogP contribution in [-0.2, 0) is 6.54 Å². The number of nitrogens with zero attached hydrogens (tertiary/aromatic N) is 6. The van der Waals surface area contributed by atoms with Crippen LogP contribution in [0.2, 0.25) is 0 Å². The van der Waals surface area contributed by atoms with Gasteiger partial charge < -0.3 is 9.72 Å². The van der Waals surface area contributed by atoms with Crippen molar-refractivity contribution in [2.24, 2.45) is 0 Å². The van der Waals surface area contributed by atoms with E-state index in [-0.39, 0.29) is 0 Å². The minimum Gasteiger partial charge on any atom is -0.497 e. The lowest BCUT2D eigenvalue weighted by Crippen LogP contribution is -2.18. The van der Waals surface area contributed by atoms with Gasteiger partial charge in [-0.25, -0.2) is 9.97 Å². The molecule has 0 spiro atoms. The van der Waals surface area contributed by atoms with Crippen molar-refractivity contribution < 1.29 is 4.74 Å². The molecular weight excluding hydrogens is 476 g/mol. The summed E-state index contributed by atoms with van der Waals surface area (Å²) in [5, 5.41) is 7.67. The molecule has 9 heteroatoms. The van der Waals surface area contributed by atoms with Gasteiger partial charge >= 0.3 is 0 Å². The number of nitrogens with one attached hydrogen (secondary N) is 2. The van der Waals surface area contributed by atoms with E-state index in [1.165, 1.54) is 18.4 Å². The van der Waals surface area contributed by atoms with Crippen molar-refractivity contribution in [3.63, 3.8) is 0 Å². The summed E-state index contributed by atoms with van der Waals surface area (Å²) in [5.74, 6) is 1.42. The van der Waals surface area contributed by atoms with Crippen LogP contribution in [0.5, 0.6) is 5.75 Å². The minimum atomic E-state index is 0.633. The van der Waals surface area contributed by atoms with Gasteiger partial charge in [-0.2, -0.15) is 5.10 Å². The van der Waals surface area contributed by atoms with Crippen molar-refractivity contribution in [2.45, 2.75) is 19.4 Å². The number of aromatic amines is 2. The van der Waals surface area contributed by atoms with Gasteiger partial charge in [0.15, 0.2) is 11.5 Å². The van der Waals surface area contributed by atoms with E-state index in [4.69, 9.17) is 14.7 Å². The predicted octanol–water partition coefficient (Wildman–Crippen LogP) is 5.23. The minimum absolute atomic E-state index is 0.633. The summed E-state index contributed by atoms with van der Waals surface area (Å²) in [7, 11) is 1.66. The molecule has 1 aromatic carbocycles. The molecule has 9 nitrogen and oxygen atoms in total. The Hall–Kier alpha value is -4.63. The number of imidazole rings is 1. The van der Waals surface area contributed by atoms with Crippen LogP contribution in [-0.4, -0.2) is 60.2 Å². The second-order valence-electron chi connectivity index (χ2n) is 9.63. The van der Waals surface area contributed by atoms with Crippen LogP contribution in [0.3, 0.4) is 0 Å². The van der Waals surface area contributed by atoms with Crippen LogP contribution in [0, 0.1) is 0 Å². The molecule has 188 valence electrons. The van der Waals surface area contributed by atoms with Gasteiger partial charge in [-0.3, -0.25) is 20.0 Å². The van der Waals surface area contributed by atoms with Crippen LogP contribution in [0.1, 0.15) is 18.4 Å². The highest BCUT2D eigenvalue weighted by Crippen LogP contribution is 2.32. The van der Waals surface area contributed by atoms with Gasteiger partial charge in [-0.15, -0.1) is 0 Å². The molecule has 1 aliphatic heterocycles. The molecule has 38 heavy (non-hydrogen) atoms. The van der Waals surface area contributed by atoms with E-state index in [1.54, 1.807) is 13.3 Å². The Labute approximate surface area is 219 Å². The Bertz CT molecular complexity index is 1770. The first-order chi connectivity index (χ1) is 18.7. The first-order valence-corrected chi connectivity index (χ1v) is 12.8. The smallest absolute Gasteiger partial charge is 0.161 e. The highest BCUT2D eigenvalue weighted by atomic mass is 16.5. The normalized spacial score (nSPS) is 14.0. The summed E-state index contributed by atoms with van der Waals surface area (Å²) in [4.78, 5) is 24.7.